The summed E-state index contributed by atoms with van der Waals surface area (Å²) in [7, 11) is 0. The van der Waals surface area contributed by atoms with E-state index >= 15 is 0 Å². The van der Waals surface area contributed by atoms with E-state index in [9.17, 15) is 14.4 Å². The largest absolute Gasteiger partial charge is 0.462 e. The molecular formula is C60H116O6. The molecule has 6 nitrogen and oxygen atoms in total. The van der Waals surface area contributed by atoms with Gasteiger partial charge in [-0.25, -0.2) is 0 Å². The first-order valence-corrected chi connectivity index (χ1v) is 29.6. The molecule has 0 spiro atoms. The molecule has 0 heterocycles. The molecule has 66 heavy (non-hydrogen) atoms. The Hall–Kier alpha value is -1.59. The number of ether oxygens (including phenoxy) is 3. The minimum atomic E-state index is -0.764. The Labute approximate surface area is 412 Å². The van der Waals surface area contributed by atoms with Crippen molar-refractivity contribution in [3.63, 3.8) is 0 Å². The maximum Gasteiger partial charge on any atom is 0.306 e. The molecule has 0 aromatic heterocycles. The monoisotopic (exact) mass is 933 g/mol. The van der Waals surface area contributed by atoms with Gasteiger partial charge >= 0.3 is 17.9 Å². The SMILES string of the molecule is CC(C)CCCCCCCCCCCCCCCCCCC(=O)OC[C@@H](COC(=O)CCCCCCCCCCCCCC(C)C)OC(=O)CCCCCCCCCCCCCCC(C)C. The van der Waals surface area contributed by atoms with Crippen LogP contribution in [-0.4, -0.2) is 37.2 Å². The summed E-state index contributed by atoms with van der Waals surface area (Å²) in [6, 6.07) is 0. The molecule has 0 aromatic carbocycles. The van der Waals surface area contributed by atoms with Crippen LogP contribution < -0.4 is 0 Å². The Morgan fingerprint density at radius 3 is 0.652 bits per heavy atom. The summed E-state index contributed by atoms with van der Waals surface area (Å²) in [6.45, 7) is 13.8. The number of rotatable bonds is 53. The molecule has 0 bridgehead atoms. The van der Waals surface area contributed by atoms with Crippen LogP contribution in [0.3, 0.4) is 0 Å². The first-order valence-electron chi connectivity index (χ1n) is 29.6. The molecule has 0 rings (SSSR count). The van der Waals surface area contributed by atoms with Crippen LogP contribution >= 0.6 is 0 Å². The van der Waals surface area contributed by atoms with Gasteiger partial charge in [-0.3, -0.25) is 14.4 Å². The molecule has 0 aliphatic heterocycles. The highest BCUT2D eigenvalue weighted by molar-refractivity contribution is 5.71. The number of unbranched alkanes of at least 4 members (excludes halogenated alkanes) is 36. The molecule has 0 unspecified atom stereocenters. The first kappa shape index (κ1) is 64.4. The highest BCUT2D eigenvalue weighted by Crippen LogP contribution is 2.19. The van der Waals surface area contributed by atoms with E-state index in [0.717, 1.165) is 75.5 Å². The third-order valence-corrected chi connectivity index (χ3v) is 13.6. The standard InChI is InChI=1S/C60H116O6/c1-54(2)46-40-34-28-22-16-11-9-7-8-10-12-19-25-31-37-43-49-58(61)64-52-57(53-65-59(62)50-44-38-32-26-21-15-18-24-30-36-42-48-56(5)6)66-60(63)51-45-39-33-27-20-14-13-17-23-29-35-41-47-55(3)4/h54-57H,7-53H2,1-6H3/t57-/m0/s1. The van der Waals surface area contributed by atoms with Gasteiger partial charge in [0, 0.05) is 19.3 Å². The van der Waals surface area contributed by atoms with Gasteiger partial charge in [0.05, 0.1) is 0 Å². The van der Waals surface area contributed by atoms with E-state index in [2.05, 4.69) is 41.5 Å². The second-order valence-corrected chi connectivity index (χ2v) is 22.1. The van der Waals surface area contributed by atoms with Crippen LogP contribution in [0.2, 0.25) is 0 Å². The fourth-order valence-corrected chi connectivity index (χ4v) is 9.18. The molecule has 0 aliphatic rings. The topological polar surface area (TPSA) is 78.9 Å². The fraction of sp³-hybridized carbons (Fsp3) is 0.950. The lowest BCUT2D eigenvalue weighted by atomic mass is 10.0. The van der Waals surface area contributed by atoms with Gasteiger partial charge in [-0.05, 0) is 37.0 Å². The Kier molecular flexibility index (Phi) is 50.0. The lowest BCUT2D eigenvalue weighted by molar-refractivity contribution is -0.167. The number of hydrogen-bond donors (Lipinski definition) is 0. The highest BCUT2D eigenvalue weighted by atomic mass is 16.6. The molecule has 0 radical (unpaired) electrons. The van der Waals surface area contributed by atoms with Crippen LogP contribution in [0.25, 0.3) is 0 Å². The van der Waals surface area contributed by atoms with Crippen molar-refractivity contribution in [1.82, 2.24) is 0 Å². The minimum Gasteiger partial charge on any atom is -0.462 e. The summed E-state index contributed by atoms with van der Waals surface area (Å²) in [5.74, 6) is 1.67. The predicted octanol–water partition coefficient (Wildman–Crippen LogP) is 19.5. The number of carbonyl (C=O) groups excluding carboxylic acids is 3. The zero-order chi connectivity index (χ0) is 48.4. The zero-order valence-corrected chi connectivity index (χ0v) is 45.5. The average molecular weight is 934 g/mol. The van der Waals surface area contributed by atoms with E-state index in [1.165, 1.54) is 212 Å². The van der Waals surface area contributed by atoms with Crippen LogP contribution in [0.5, 0.6) is 0 Å². The molecule has 0 saturated heterocycles. The van der Waals surface area contributed by atoms with Crippen molar-refractivity contribution in [3.05, 3.63) is 0 Å². The van der Waals surface area contributed by atoms with E-state index in [-0.39, 0.29) is 31.1 Å². The predicted molar refractivity (Wildman–Crippen MR) is 284 cm³/mol. The quantitative estimate of drug-likeness (QED) is 0.0343. The Morgan fingerprint density at radius 1 is 0.258 bits per heavy atom. The van der Waals surface area contributed by atoms with Crippen LogP contribution in [-0.2, 0) is 28.6 Å². The third-order valence-electron chi connectivity index (χ3n) is 13.6. The van der Waals surface area contributed by atoms with Crippen molar-refractivity contribution in [2.24, 2.45) is 17.8 Å². The lowest BCUT2D eigenvalue weighted by Gasteiger charge is -2.18. The van der Waals surface area contributed by atoms with Gasteiger partial charge in [-0.2, -0.15) is 0 Å². The van der Waals surface area contributed by atoms with Gasteiger partial charge in [-0.1, -0.05) is 292 Å². The van der Waals surface area contributed by atoms with Gasteiger partial charge in [0.2, 0.25) is 0 Å². The fourth-order valence-electron chi connectivity index (χ4n) is 9.18. The minimum absolute atomic E-state index is 0.0633. The second-order valence-electron chi connectivity index (χ2n) is 22.1. The lowest BCUT2D eigenvalue weighted by Crippen LogP contribution is -2.30. The van der Waals surface area contributed by atoms with Gasteiger partial charge in [-0.15, -0.1) is 0 Å². The number of hydrogen-bond acceptors (Lipinski definition) is 6. The van der Waals surface area contributed by atoms with Gasteiger partial charge < -0.3 is 14.2 Å². The van der Waals surface area contributed by atoms with Crippen molar-refractivity contribution < 1.29 is 28.6 Å². The third kappa shape index (κ3) is 53.4. The van der Waals surface area contributed by atoms with Crippen molar-refractivity contribution in [2.45, 2.75) is 337 Å². The first-order chi connectivity index (χ1) is 32.1. The van der Waals surface area contributed by atoms with Crippen LogP contribution in [0.4, 0.5) is 0 Å². The van der Waals surface area contributed by atoms with Crippen LogP contribution in [0.1, 0.15) is 330 Å². The summed E-state index contributed by atoms with van der Waals surface area (Å²) >= 11 is 0. The molecule has 6 heteroatoms. The Bertz CT molecular complexity index is 1020. The van der Waals surface area contributed by atoms with Crippen molar-refractivity contribution in [2.75, 3.05) is 13.2 Å². The Morgan fingerprint density at radius 2 is 0.439 bits per heavy atom. The number of esters is 3. The van der Waals surface area contributed by atoms with Gasteiger partial charge in [0.15, 0.2) is 6.10 Å². The maximum atomic E-state index is 12.9. The van der Waals surface area contributed by atoms with Crippen molar-refractivity contribution >= 4 is 17.9 Å². The average Bonchev–Trinajstić information content (AvgIpc) is 3.28. The molecule has 392 valence electrons. The molecule has 0 N–H and O–H groups in total. The summed E-state index contributed by atoms with van der Waals surface area (Å²) in [5.41, 5.74) is 0. The summed E-state index contributed by atoms with van der Waals surface area (Å²) in [4.78, 5) is 38.2. The van der Waals surface area contributed by atoms with E-state index in [1.807, 2.05) is 0 Å². The molecular weight excluding hydrogens is 817 g/mol. The van der Waals surface area contributed by atoms with E-state index in [0.29, 0.717) is 19.3 Å². The zero-order valence-electron chi connectivity index (χ0n) is 45.5. The molecule has 0 aromatic rings. The maximum absolute atomic E-state index is 12.9. The molecule has 0 amide bonds. The highest BCUT2D eigenvalue weighted by Gasteiger charge is 2.19. The van der Waals surface area contributed by atoms with E-state index in [4.69, 9.17) is 14.2 Å². The second kappa shape index (κ2) is 51.3. The molecule has 1 atom stereocenters. The van der Waals surface area contributed by atoms with Crippen molar-refractivity contribution in [3.8, 4) is 0 Å². The summed E-state index contributed by atoms with van der Waals surface area (Å²) in [5, 5.41) is 0. The smallest absolute Gasteiger partial charge is 0.306 e. The molecule has 0 saturated carbocycles. The van der Waals surface area contributed by atoms with E-state index < -0.39 is 6.10 Å². The van der Waals surface area contributed by atoms with Gasteiger partial charge in [0.25, 0.3) is 0 Å². The van der Waals surface area contributed by atoms with Crippen LogP contribution in [0.15, 0.2) is 0 Å². The van der Waals surface area contributed by atoms with Crippen molar-refractivity contribution in [1.29, 1.82) is 0 Å². The summed E-state index contributed by atoms with van der Waals surface area (Å²) < 4.78 is 16.9. The van der Waals surface area contributed by atoms with E-state index in [1.54, 1.807) is 0 Å². The molecule has 0 aliphatic carbocycles. The number of carbonyl (C=O) groups is 3. The summed E-state index contributed by atoms with van der Waals surface area (Å²) in [6.07, 6.45) is 53.8. The van der Waals surface area contributed by atoms with Gasteiger partial charge in [0.1, 0.15) is 13.2 Å². The molecule has 0 fully saturated rings. The normalized spacial score (nSPS) is 12.1. The Balaban J connectivity index is 4.28. The van der Waals surface area contributed by atoms with Crippen LogP contribution in [0, 0.1) is 17.8 Å².